The lowest BCUT2D eigenvalue weighted by molar-refractivity contribution is 0.937. The van der Waals surface area contributed by atoms with Crippen molar-refractivity contribution in [3.8, 4) is 11.4 Å². The molecule has 3 aromatic heterocycles. The minimum atomic E-state index is -0.113. The van der Waals surface area contributed by atoms with Crippen LogP contribution in [0.3, 0.4) is 0 Å². The fraction of sp³-hybridized carbons (Fsp3) is 0. The molecular weight excluding hydrogens is 302 g/mol. The molecule has 21 heavy (non-hydrogen) atoms. The molecule has 0 spiro atoms. The van der Waals surface area contributed by atoms with E-state index in [1.54, 1.807) is 11.3 Å². The van der Waals surface area contributed by atoms with E-state index >= 15 is 0 Å². The molecule has 0 amide bonds. The first kappa shape index (κ1) is 12.4. The van der Waals surface area contributed by atoms with Crippen molar-refractivity contribution in [1.82, 2.24) is 14.6 Å². The van der Waals surface area contributed by atoms with Gasteiger partial charge < -0.3 is 0 Å². The zero-order valence-corrected chi connectivity index (χ0v) is 12.4. The van der Waals surface area contributed by atoms with Crippen LogP contribution in [0.5, 0.6) is 0 Å². The van der Waals surface area contributed by atoms with Gasteiger partial charge in [-0.05, 0) is 17.5 Å². The smallest absolute Gasteiger partial charge is 0.266 e. The number of fused-ring (bicyclic) bond motifs is 1. The van der Waals surface area contributed by atoms with Gasteiger partial charge in [0.25, 0.3) is 5.56 Å². The summed E-state index contributed by atoms with van der Waals surface area (Å²) in [6.45, 7) is 0. The van der Waals surface area contributed by atoms with Gasteiger partial charge in [0.1, 0.15) is 0 Å². The zero-order chi connectivity index (χ0) is 14.2. The highest BCUT2D eigenvalue weighted by atomic mass is 32.1. The fourth-order valence-corrected chi connectivity index (χ4v) is 3.68. The third-order valence-corrected chi connectivity index (χ3v) is 4.81. The van der Waals surface area contributed by atoms with Crippen LogP contribution in [0.15, 0.2) is 52.6 Å². The number of thiophene rings is 1. The van der Waals surface area contributed by atoms with Crippen LogP contribution in [0, 0.1) is 0 Å². The first-order valence-electron chi connectivity index (χ1n) is 6.31. The normalized spacial score (nSPS) is 12.3. The molecule has 0 saturated heterocycles. The predicted octanol–water partition coefficient (Wildman–Crippen LogP) is 2.43. The molecule has 4 nitrogen and oxygen atoms in total. The highest BCUT2D eigenvalue weighted by molar-refractivity contribution is 7.15. The molecule has 0 fully saturated rings. The van der Waals surface area contributed by atoms with Crippen LogP contribution in [0.2, 0.25) is 0 Å². The number of hydrogen-bond donors (Lipinski definition) is 0. The minimum Gasteiger partial charge on any atom is -0.266 e. The van der Waals surface area contributed by atoms with Crippen LogP contribution in [-0.4, -0.2) is 14.6 Å². The Hall–Kier alpha value is -2.31. The summed E-state index contributed by atoms with van der Waals surface area (Å²) in [5.41, 5.74) is 0.801. The van der Waals surface area contributed by atoms with Crippen molar-refractivity contribution in [2.24, 2.45) is 0 Å². The summed E-state index contributed by atoms with van der Waals surface area (Å²) >= 11 is 2.97. The van der Waals surface area contributed by atoms with Gasteiger partial charge in [0.05, 0.1) is 4.53 Å². The summed E-state index contributed by atoms with van der Waals surface area (Å²) in [4.78, 5) is 18.5. The molecule has 0 bridgehead atoms. The lowest BCUT2D eigenvalue weighted by Crippen LogP contribution is -2.23. The lowest BCUT2D eigenvalue weighted by atomic mass is 10.2. The molecule has 1 aromatic carbocycles. The fourth-order valence-electron chi connectivity index (χ4n) is 2.05. The van der Waals surface area contributed by atoms with E-state index in [-0.39, 0.29) is 5.56 Å². The van der Waals surface area contributed by atoms with Gasteiger partial charge >= 0.3 is 0 Å². The van der Waals surface area contributed by atoms with Gasteiger partial charge in [-0.25, -0.2) is 0 Å². The van der Waals surface area contributed by atoms with Gasteiger partial charge in [0, 0.05) is 10.4 Å². The number of thiazole rings is 1. The average Bonchev–Trinajstić information content (AvgIpc) is 3.21. The Labute approximate surface area is 127 Å². The first-order valence-corrected chi connectivity index (χ1v) is 8.01. The van der Waals surface area contributed by atoms with E-state index in [9.17, 15) is 4.79 Å². The largest absolute Gasteiger partial charge is 0.291 e. The molecule has 0 aliphatic rings. The van der Waals surface area contributed by atoms with Crippen LogP contribution in [0.25, 0.3) is 22.4 Å². The Morgan fingerprint density at radius 1 is 1.10 bits per heavy atom. The van der Waals surface area contributed by atoms with Gasteiger partial charge in [-0.1, -0.05) is 47.7 Å². The Kier molecular flexibility index (Phi) is 2.90. The van der Waals surface area contributed by atoms with Crippen LogP contribution in [0.4, 0.5) is 0 Å². The van der Waals surface area contributed by atoms with Crippen molar-refractivity contribution in [3.63, 3.8) is 0 Å². The zero-order valence-electron chi connectivity index (χ0n) is 10.8. The topological polar surface area (TPSA) is 47.3 Å². The quantitative estimate of drug-likeness (QED) is 0.571. The molecule has 0 radical (unpaired) electrons. The number of rotatable bonds is 2. The maximum atomic E-state index is 12.3. The lowest BCUT2D eigenvalue weighted by Gasteiger charge is -1.91. The summed E-state index contributed by atoms with van der Waals surface area (Å²) in [5, 5.41) is 6.31. The molecular formula is C15H9N3OS2. The van der Waals surface area contributed by atoms with Gasteiger partial charge in [-0.15, -0.1) is 16.4 Å². The van der Waals surface area contributed by atoms with E-state index in [0.29, 0.717) is 15.3 Å². The molecule has 0 unspecified atom stereocenters. The van der Waals surface area contributed by atoms with E-state index < -0.39 is 0 Å². The van der Waals surface area contributed by atoms with E-state index in [2.05, 4.69) is 10.1 Å². The third-order valence-electron chi connectivity index (χ3n) is 3.03. The standard InChI is InChI=1S/C15H9N3OS2/c19-14-12(9-11-7-4-8-20-11)21-15-16-13(17-18(14)15)10-5-2-1-3-6-10/h1-9H. The van der Waals surface area contributed by atoms with E-state index in [0.717, 1.165) is 10.4 Å². The summed E-state index contributed by atoms with van der Waals surface area (Å²) in [6, 6.07) is 13.6. The molecule has 4 rings (SSSR count). The molecule has 0 atom stereocenters. The summed E-state index contributed by atoms with van der Waals surface area (Å²) < 4.78 is 2.04. The summed E-state index contributed by atoms with van der Waals surface area (Å²) in [6.07, 6.45) is 1.89. The molecule has 102 valence electrons. The van der Waals surface area contributed by atoms with Crippen molar-refractivity contribution in [2.75, 3.05) is 0 Å². The van der Waals surface area contributed by atoms with Crippen molar-refractivity contribution in [2.45, 2.75) is 0 Å². The van der Waals surface area contributed by atoms with Crippen molar-refractivity contribution in [1.29, 1.82) is 0 Å². The van der Waals surface area contributed by atoms with Gasteiger partial charge in [-0.3, -0.25) is 4.79 Å². The van der Waals surface area contributed by atoms with Crippen LogP contribution in [-0.2, 0) is 0 Å². The second-order valence-corrected chi connectivity index (χ2v) is 6.42. The second-order valence-electron chi connectivity index (χ2n) is 4.43. The molecule has 0 aliphatic heterocycles. The minimum absolute atomic E-state index is 0.113. The van der Waals surface area contributed by atoms with Crippen molar-refractivity contribution in [3.05, 3.63) is 67.6 Å². The van der Waals surface area contributed by atoms with Gasteiger partial charge in [-0.2, -0.15) is 9.50 Å². The molecule has 6 heteroatoms. The molecule has 0 saturated carbocycles. The van der Waals surface area contributed by atoms with Gasteiger partial charge in [0.2, 0.25) is 4.96 Å². The number of nitrogens with zero attached hydrogens (tertiary/aromatic N) is 3. The van der Waals surface area contributed by atoms with E-state index in [1.165, 1.54) is 15.9 Å². The number of benzene rings is 1. The van der Waals surface area contributed by atoms with Crippen molar-refractivity contribution >= 4 is 33.7 Å². The summed E-state index contributed by atoms with van der Waals surface area (Å²) in [5.74, 6) is 0.585. The molecule has 4 aromatic rings. The maximum absolute atomic E-state index is 12.3. The van der Waals surface area contributed by atoms with Crippen LogP contribution in [0.1, 0.15) is 4.88 Å². The van der Waals surface area contributed by atoms with Crippen LogP contribution >= 0.6 is 22.7 Å². The summed E-state index contributed by atoms with van der Waals surface area (Å²) in [7, 11) is 0. The molecule has 0 aliphatic carbocycles. The Bertz CT molecular complexity index is 1000. The number of aromatic nitrogens is 3. The van der Waals surface area contributed by atoms with Gasteiger partial charge in [0.15, 0.2) is 5.82 Å². The van der Waals surface area contributed by atoms with E-state index in [1.807, 2.05) is 53.9 Å². The van der Waals surface area contributed by atoms with Crippen molar-refractivity contribution < 1.29 is 0 Å². The second kappa shape index (κ2) is 4.91. The SMILES string of the molecule is O=c1c(=Cc2cccs2)sc2nc(-c3ccccc3)nn12. The highest BCUT2D eigenvalue weighted by Crippen LogP contribution is 2.16. The average molecular weight is 311 g/mol. The Morgan fingerprint density at radius 3 is 2.67 bits per heavy atom. The highest BCUT2D eigenvalue weighted by Gasteiger charge is 2.11. The first-order chi connectivity index (χ1) is 10.3. The third kappa shape index (κ3) is 2.18. The Balaban J connectivity index is 1.87. The predicted molar refractivity (Wildman–Crippen MR) is 85.7 cm³/mol. The number of hydrogen-bond acceptors (Lipinski definition) is 5. The maximum Gasteiger partial charge on any atom is 0.291 e. The molecule has 0 N–H and O–H groups in total. The monoisotopic (exact) mass is 311 g/mol. The van der Waals surface area contributed by atoms with Crippen LogP contribution < -0.4 is 10.1 Å². The van der Waals surface area contributed by atoms with E-state index in [4.69, 9.17) is 0 Å². The Morgan fingerprint density at radius 2 is 1.95 bits per heavy atom. The molecule has 3 heterocycles.